The number of thiol groups is 2. The Morgan fingerprint density at radius 2 is 1.09 bits per heavy atom. The molecule has 0 heterocycles. The molecule has 0 bridgehead atoms. The second-order valence-electron chi connectivity index (χ2n) is 1.06. The SMILES string of the molecule is O=C([O-])CS.O=C([O-])CS.[Zn+2]. The van der Waals surface area contributed by atoms with E-state index < -0.39 is 11.9 Å². The van der Waals surface area contributed by atoms with Crippen molar-refractivity contribution in [3.8, 4) is 0 Å². The summed E-state index contributed by atoms with van der Waals surface area (Å²) in [7, 11) is 0. The number of carbonyl (C=O) groups is 2. The Bertz CT molecular complexity index is 105. The van der Waals surface area contributed by atoms with Crippen molar-refractivity contribution in [2.45, 2.75) is 0 Å². The van der Waals surface area contributed by atoms with Gasteiger partial charge in [0.05, 0.1) is 11.9 Å². The van der Waals surface area contributed by atoms with E-state index in [2.05, 4.69) is 25.3 Å². The largest absolute Gasteiger partial charge is 2.00 e. The number of carbonyl (C=O) groups excluding carboxylic acids is 2. The Morgan fingerprint density at radius 3 is 1.09 bits per heavy atom. The van der Waals surface area contributed by atoms with E-state index in [1.54, 1.807) is 0 Å². The van der Waals surface area contributed by atoms with E-state index in [0.29, 0.717) is 0 Å². The second kappa shape index (κ2) is 12.9. The quantitative estimate of drug-likeness (QED) is 0.412. The zero-order chi connectivity index (χ0) is 8.57. The zero-order valence-corrected chi connectivity index (χ0v) is 10.4. The smallest absolute Gasteiger partial charge is 0.549 e. The maximum atomic E-state index is 9.18. The Kier molecular flexibility index (Phi) is 20.4. The van der Waals surface area contributed by atoms with Crippen LogP contribution in [0.3, 0.4) is 0 Å². The van der Waals surface area contributed by atoms with Crippen molar-refractivity contribution in [3.63, 3.8) is 0 Å². The molecule has 0 saturated heterocycles. The molecule has 0 aromatic rings. The minimum absolute atomic E-state index is 0. The number of hydrogen-bond acceptors (Lipinski definition) is 6. The monoisotopic (exact) mass is 246 g/mol. The topological polar surface area (TPSA) is 80.3 Å². The average Bonchev–Trinajstić information content (AvgIpc) is 1.89. The van der Waals surface area contributed by atoms with Gasteiger partial charge in [0.25, 0.3) is 0 Å². The fraction of sp³-hybridized carbons (Fsp3) is 0.500. The van der Waals surface area contributed by atoms with Crippen LogP contribution in [-0.4, -0.2) is 23.4 Å². The van der Waals surface area contributed by atoms with Crippen LogP contribution in [0.2, 0.25) is 0 Å². The Morgan fingerprint density at radius 1 is 1.00 bits per heavy atom. The van der Waals surface area contributed by atoms with Gasteiger partial charge in [-0.05, 0) is 0 Å². The van der Waals surface area contributed by atoms with E-state index in [9.17, 15) is 19.8 Å². The van der Waals surface area contributed by atoms with Gasteiger partial charge in [-0.15, -0.1) is 0 Å². The van der Waals surface area contributed by atoms with E-state index >= 15 is 0 Å². The molecule has 11 heavy (non-hydrogen) atoms. The molecule has 0 aliphatic heterocycles. The molecule has 60 valence electrons. The van der Waals surface area contributed by atoms with Crippen molar-refractivity contribution in [3.05, 3.63) is 0 Å². The second-order valence-corrected chi connectivity index (χ2v) is 1.69. The molecule has 0 fully saturated rings. The Labute approximate surface area is 87.9 Å². The first-order valence-electron chi connectivity index (χ1n) is 2.16. The summed E-state index contributed by atoms with van der Waals surface area (Å²) in [6.45, 7) is 0. The molecular weight excluding hydrogens is 242 g/mol. The van der Waals surface area contributed by atoms with Crippen LogP contribution in [0.15, 0.2) is 0 Å². The maximum Gasteiger partial charge on any atom is 2.00 e. The number of carboxylic acid groups (broad SMARTS) is 2. The molecule has 0 aromatic heterocycles. The van der Waals surface area contributed by atoms with Gasteiger partial charge in [0.1, 0.15) is 0 Å². The molecule has 7 heteroatoms. The van der Waals surface area contributed by atoms with Crippen molar-refractivity contribution < 1.29 is 39.3 Å². The molecule has 0 spiro atoms. The van der Waals surface area contributed by atoms with Crippen LogP contribution < -0.4 is 10.2 Å². The number of hydrogen-bond donors (Lipinski definition) is 2. The summed E-state index contributed by atoms with van der Waals surface area (Å²) in [5.41, 5.74) is 0. The summed E-state index contributed by atoms with van der Waals surface area (Å²) < 4.78 is 0. The van der Waals surface area contributed by atoms with Crippen LogP contribution in [0.4, 0.5) is 0 Å². The third kappa shape index (κ3) is 38.6. The van der Waals surface area contributed by atoms with Gasteiger partial charge >= 0.3 is 19.5 Å². The van der Waals surface area contributed by atoms with Crippen LogP contribution >= 0.6 is 25.3 Å². The molecular formula is C4H6O4S2Zn. The number of rotatable bonds is 2. The summed E-state index contributed by atoms with van der Waals surface area (Å²) in [6.07, 6.45) is 0. The molecule has 0 unspecified atom stereocenters. The normalized spacial score (nSPS) is 6.73. The molecule has 0 aliphatic rings. The van der Waals surface area contributed by atoms with Crippen molar-refractivity contribution in [1.29, 1.82) is 0 Å². The van der Waals surface area contributed by atoms with Gasteiger partial charge in [0, 0.05) is 11.5 Å². The summed E-state index contributed by atoms with van der Waals surface area (Å²) >= 11 is 6.71. The van der Waals surface area contributed by atoms with Gasteiger partial charge in [-0.2, -0.15) is 25.3 Å². The molecule has 0 radical (unpaired) electrons. The zero-order valence-electron chi connectivity index (χ0n) is 5.65. The van der Waals surface area contributed by atoms with Crippen molar-refractivity contribution in [1.82, 2.24) is 0 Å². The first-order valence-corrected chi connectivity index (χ1v) is 3.42. The van der Waals surface area contributed by atoms with Crippen LogP contribution in [0, 0.1) is 0 Å². The molecule has 0 rings (SSSR count). The molecule has 0 N–H and O–H groups in total. The van der Waals surface area contributed by atoms with Crippen LogP contribution in [0.1, 0.15) is 0 Å². The third-order valence-electron chi connectivity index (χ3n) is 0.258. The molecule has 0 amide bonds. The fourth-order valence-electron chi connectivity index (χ4n) is 0. The van der Waals surface area contributed by atoms with E-state index in [0.717, 1.165) is 0 Å². The van der Waals surface area contributed by atoms with Crippen molar-refractivity contribution in [2.75, 3.05) is 11.5 Å². The Hall–Kier alpha value is 0.263. The molecule has 0 saturated carbocycles. The summed E-state index contributed by atoms with van der Waals surface area (Å²) in [4.78, 5) is 18.4. The predicted molar refractivity (Wildman–Crippen MR) is 37.7 cm³/mol. The van der Waals surface area contributed by atoms with E-state index in [-0.39, 0.29) is 31.0 Å². The van der Waals surface area contributed by atoms with Gasteiger partial charge in [-0.3, -0.25) is 0 Å². The first-order chi connectivity index (χ1) is 4.54. The van der Waals surface area contributed by atoms with E-state index in [4.69, 9.17) is 0 Å². The minimum Gasteiger partial charge on any atom is -0.549 e. The fourth-order valence-corrected chi connectivity index (χ4v) is 0. The van der Waals surface area contributed by atoms with Gasteiger partial charge in [-0.1, -0.05) is 0 Å². The van der Waals surface area contributed by atoms with Gasteiger partial charge in [0.15, 0.2) is 0 Å². The average molecular weight is 248 g/mol. The van der Waals surface area contributed by atoms with Crippen molar-refractivity contribution in [2.24, 2.45) is 0 Å². The van der Waals surface area contributed by atoms with Crippen LogP contribution in [-0.2, 0) is 29.1 Å². The minimum atomic E-state index is -1.13. The summed E-state index contributed by atoms with van der Waals surface area (Å²) in [6, 6.07) is 0. The standard InChI is InChI=1S/2C2H4O2S.Zn/c2*3-2(4)1-5;/h2*5H,1H2,(H,3,4);/q;;+2/p-2. The van der Waals surface area contributed by atoms with Gasteiger partial charge in [0.2, 0.25) is 0 Å². The molecule has 0 atom stereocenters. The third-order valence-corrected chi connectivity index (χ3v) is 0.775. The predicted octanol–water partition coefficient (Wildman–Crippen LogP) is -2.67. The Balaban J connectivity index is -0.000000107. The van der Waals surface area contributed by atoms with E-state index in [1.807, 2.05) is 0 Å². The van der Waals surface area contributed by atoms with Crippen LogP contribution in [0.25, 0.3) is 0 Å². The molecule has 0 aliphatic carbocycles. The first kappa shape index (κ1) is 17.4. The summed E-state index contributed by atoms with van der Waals surface area (Å²) in [5.74, 6) is -2.65. The van der Waals surface area contributed by atoms with Gasteiger partial charge < -0.3 is 19.8 Å². The number of aliphatic carboxylic acids is 2. The maximum absolute atomic E-state index is 9.18. The summed E-state index contributed by atoms with van der Waals surface area (Å²) in [5, 5.41) is 18.4. The van der Waals surface area contributed by atoms with Gasteiger partial charge in [-0.25, -0.2) is 0 Å². The molecule has 4 nitrogen and oxygen atoms in total. The molecule has 0 aromatic carbocycles. The van der Waals surface area contributed by atoms with Crippen molar-refractivity contribution >= 4 is 37.2 Å². The van der Waals surface area contributed by atoms with E-state index in [1.165, 1.54) is 0 Å². The van der Waals surface area contributed by atoms with Crippen LogP contribution in [0.5, 0.6) is 0 Å². The number of carboxylic acids is 2.